The second kappa shape index (κ2) is 4.55. The minimum Gasteiger partial charge on any atom is -0.390 e. The van der Waals surface area contributed by atoms with Gasteiger partial charge in [0, 0.05) is 5.56 Å². The Balaban J connectivity index is 1.53. The highest BCUT2D eigenvalue weighted by Crippen LogP contribution is 2.67. The molecule has 0 unspecified atom stereocenters. The third-order valence-electron chi connectivity index (χ3n) is 8.84. The lowest BCUT2D eigenvalue weighted by Gasteiger charge is -2.58. The molecule has 4 aliphatic carbocycles. The molecular formula is C21H29NO2. The summed E-state index contributed by atoms with van der Waals surface area (Å²) in [6.45, 7) is 6.95. The van der Waals surface area contributed by atoms with Crippen LogP contribution in [0.1, 0.15) is 70.6 Å². The van der Waals surface area contributed by atoms with Crippen molar-refractivity contribution in [3.8, 4) is 0 Å². The highest BCUT2D eigenvalue weighted by molar-refractivity contribution is 5.57. The molecule has 1 heterocycles. The van der Waals surface area contributed by atoms with Gasteiger partial charge in [-0.1, -0.05) is 24.6 Å². The molecule has 1 aromatic heterocycles. The van der Waals surface area contributed by atoms with Crippen LogP contribution in [0.15, 0.2) is 16.3 Å². The molecule has 3 heteroatoms. The summed E-state index contributed by atoms with van der Waals surface area (Å²) in [5.41, 5.74) is 2.77. The normalized spacial score (nSPS) is 49.7. The molecule has 0 aliphatic heterocycles. The summed E-state index contributed by atoms with van der Waals surface area (Å²) in [5.74, 6) is 3.19. The maximum absolute atomic E-state index is 11.0. The third kappa shape index (κ3) is 1.70. The Labute approximate surface area is 144 Å². The third-order valence-corrected chi connectivity index (χ3v) is 8.84. The average molecular weight is 327 g/mol. The fourth-order valence-electron chi connectivity index (χ4n) is 7.13. The highest BCUT2D eigenvalue weighted by atomic mass is 16.5. The van der Waals surface area contributed by atoms with Gasteiger partial charge in [0.2, 0.25) is 0 Å². The summed E-state index contributed by atoms with van der Waals surface area (Å²) in [6.07, 6.45) is 12.4. The van der Waals surface area contributed by atoms with Gasteiger partial charge in [0.05, 0.1) is 11.8 Å². The van der Waals surface area contributed by atoms with Gasteiger partial charge in [-0.05, 0) is 86.5 Å². The molecule has 3 nitrogen and oxygen atoms in total. The first-order valence-corrected chi connectivity index (χ1v) is 9.72. The molecule has 0 amide bonds. The number of rotatable bonds is 0. The summed E-state index contributed by atoms with van der Waals surface area (Å²) < 4.78 is 5.44. The van der Waals surface area contributed by atoms with Crippen molar-refractivity contribution in [1.82, 2.24) is 5.16 Å². The minimum absolute atomic E-state index is 0.114. The first kappa shape index (κ1) is 15.2. The molecule has 5 rings (SSSR count). The molecule has 0 aromatic carbocycles. The van der Waals surface area contributed by atoms with Gasteiger partial charge in [-0.2, -0.15) is 0 Å². The van der Waals surface area contributed by atoms with Crippen LogP contribution >= 0.6 is 0 Å². The summed E-state index contributed by atoms with van der Waals surface area (Å²) >= 11 is 0. The van der Waals surface area contributed by atoms with Gasteiger partial charge in [-0.15, -0.1) is 0 Å². The summed E-state index contributed by atoms with van der Waals surface area (Å²) in [6, 6.07) is 0. The fraction of sp³-hybridized carbons (Fsp3) is 0.762. The van der Waals surface area contributed by atoms with Crippen molar-refractivity contribution in [2.75, 3.05) is 0 Å². The van der Waals surface area contributed by atoms with Crippen LogP contribution in [-0.2, 0) is 6.42 Å². The van der Waals surface area contributed by atoms with E-state index < -0.39 is 5.60 Å². The molecule has 6 atom stereocenters. The predicted octanol–water partition coefficient (Wildman–Crippen LogP) is 4.61. The van der Waals surface area contributed by atoms with Gasteiger partial charge in [0.1, 0.15) is 0 Å². The van der Waals surface area contributed by atoms with E-state index in [-0.39, 0.29) is 10.8 Å². The molecule has 1 aromatic rings. The molecule has 0 bridgehead atoms. The summed E-state index contributed by atoms with van der Waals surface area (Å²) in [5, 5.41) is 15.0. The van der Waals surface area contributed by atoms with E-state index in [4.69, 9.17) is 4.52 Å². The molecule has 0 spiro atoms. The Hall–Kier alpha value is -1.09. The minimum atomic E-state index is -0.478. The number of hydrogen-bond acceptors (Lipinski definition) is 3. The number of fused-ring (bicyclic) bond motifs is 6. The number of nitrogens with zero attached hydrogens (tertiary/aromatic N) is 1. The zero-order valence-electron chi connectivity index (χ0n) is 15.1. The van der Waals surface area contributed by atoms with Crippen molar-refractivity contribution in [2.45, 2.75) is 71.3 Å². The molecule has 0 saturated heterocycles. The van der Waals surface area contributed by atoms with Crippen molar-refractivity contribution >= 4 is 6.08 Å². The highest BCUT2D eigenvalue weighted by Gasteiger charge is 2.62. The van der Waals surface area contributed by atoms with Crippen molar-refractivity contribution < 1.29 is 9.63 Å². The van der Waals surface area contributed by atoms with E-state index in [1.807, 2.05) is 6.20 Å². The van der Waals surface area contributed by atoms with Gasteiger partial charge < -0.3 is 9.63 Å². The monoisotopic (exact) mass is 327 g/mol. The SMILES string of the molecule is C[C@@]12Cc3cnoc3C=C1CC[C@H]1[C@@H]2CC[C@]2(C)[C@H]1CC[C@@]2(C)O. The Morgan fingerprint density at radius 2 is 1.92 bits per heavy atom. The van der Waals surface area contributed by atoms with Gasteiger partial charge in [0.15, 0.2) is 5.76 Å². The first-order valence-electron chi connectivity index (χ1n) is 9.72. The number of aliphatic hydroxyl groups is 1. The number of allylic oxidation sites excluding steroid dienone is 1. The van der Waals surface area contributed by atoms with Gasteiger partial charge >= 0.3 is 0 Å². The summed E-state index contributed by atoms with van der Waals surface area (Å²) in [7, 11) is 0. The van der Waals surface area contributed by atoms with Gasteiger partial charge in [0.25, 0.3) is 0 Å². The van der Waals surface area contributed by atoms with Gasteiger partial charge in [-0.25, -0.2) is 0 Å². The standard InChI is InChI=1S/C21H29NO2/c1-19-11-13-12-22-24-18(13)10-14(19)4-5-15-16(19)6-8-20(2)17(15)7-9-21(20,3)23/h10,12,15-17,23H,4-9,11H2,1-3H3/t15-,16-,17-,19+,20+,21+/m0/s1. The number of hydrogen-bond donors (Lipinski definition) is 1. The van der Waals surface area contributed by atoms with E-state index in [0.29, 0.717) is 5.92 Å². The number of aromatic nitrogens is 1. The Bertz CT molecular complexity index is 717. The molecule has 3 saturated carbocycles. The van der Waals surface area contributed by atoms with E-state index in [1.165, 1.54) is 37.7 Å². The van der Waals surface area contributed by atoms with Crippen molar-refractivity contribution in [3.63, 3.8) is 0 Å². The van der Waals surface area contributed by atoms with Gasteiger partial charge in [-0.3, -0.25) is 0 Å². The summed E-state index contributed by atoms with van der Waals surface area (Å²) in [4.78, 5) is 0. The Morgan fingerprint density at radius 3 is 2.75 bits per heavy atom. The van der Waals surface area contributed by atoms with E-state index in [0.717, 1.165) is 30.4 Å². The van der Waals surface area contributed by atoms with Crippen LogP contribution < -0.4 is 0 Å². The van der Waals surface area contributed by atoms with E-state index in [2.05, 4.69) is 32.0 Å². The largest absolute Gasteiger partial charge is 0.390 e. The quantitative estimate of drug-likeness (QED) is 0.757. The molecule has 130 valence electrons. The average Bonchev–Trinajstić information content (AvgIpc) is 3.06. The topological polar surface area (TPSA) is 46.3 Å². The van der Waals surface area contributed by atoms with Crippen molar-refractivity contribution in [1.29, 1.82) is 0 Å². The van der Waals surface area contributed by atoms with E-state index in [1.54, 1.807) is 5.57 Å². The fourth-order valence-corrected chi connectivity index (χ4v) is 7.13. The maximum atomic E-state index is 11.0. The van der Waals surface area contributed by atoms with Crippen LogP contribution in [-0.4, -0.2) is 15.9 Å². The molecule has 1 N–H and O–H groups in total. The van der Waals surface area contributed by atoms with Crippen LogP contribution in [0.2, 0.25) is 0 Å². The Morgan fingerprint density at radius 1 is 1.12 bits per heavy atom. The zero-order valence-corrected chi connectivity index (χ0v) is 15.1. The van der Waals surface area contributed by atoms with Crippen LogP contribution in [0, 0.1) is 28.6 Å². The molecule has 3 fully saturated rings. The molecule has 4 aliphatic rings. The van der Waals surface area contributed by atoms with Crippen LogP contribution in [0.3, 0.4) is 0 Å². The first-order chi connectivity index (χ1) is 11.4. The molecule has 24 heavy (non-hydrogen) atoms. The van der Waals surface area contributed by atoms with E-state index >= 15 is 0 Å². The maximum Gasteiger partial charge on any atom is 0.162 e. The smallest absolute Gasteiger partial charge is 0.162 e. The Kier molecular flexibility index (Phi) is 2.88. The predicted molar refractivity (Wildman–Crippen MR) is 93.2 cm³/mol. The zero-order chi connectivity index (χ0) is 16.7. The van der Waals surface area contributed by atoms with Crippen LogP contribution in [0.25, 0.3) is 6.08 Å². The van der Waals surface area contributed by atoms with Crippen LogP contribution in [0.4, 0.5) is 0 Å². The van der Waals surface area contributed by atoms with E-state index in [9.17, 15) is 5.11 Å². The lowest BCUT2D eigenvalue weighted by Crippen LogP contribution is -2.54. The van der Waals surface area contributed by atoms with Crippen molar-refractivity contribution in [3.05, 3.63) is 23.1 Å². The van der Waals surface area contributed by atoms with Crippen molar-refractivity contribution in [2.24, 2.45) is 28.6 Å². The second-order valence-electron chi connectivity index (χ2n) is 9.66. The lowest BCUT2D eigenvalue weighted by atomic mass is 9.46. The molecular weight excluding hydrogens is 298 g/mol. The second-order valence-corrected chi connectivity index (χ2v) is 9.66. The lowest BCUT2D eigenvalue weighted by molar-refractivity contribution is -0.116. The van der Waals surface area contributed by atoms with Crippen LogP contribution in [0.5, 0.6) is 0 Å². The molecule has 0 radical (unpaired) electrons.